The van der Waals surface area contributed by atoms with Gasteiger partial charge in [-0.3, -0.25) is 4.79 Å². The zero-order chi connectivity index (χ0) is 13.5. The van der Waals surface area contributed by atoms with Crippen LogP contribution in [0.2, 0.25) is 0 Å². The number of hydrogen-bond donors (Lipinski definition) is 0. The highest BCUT2D eigenvalue weighted by Crippen LogP contribution is 2.16. The highest BCUT2D eigenvalue weighted by molar-refractivity contribution is 6.10. The van der Waals surface area contributed by atoms with Crippen molar-refractivity contribution in [3.63, 3.8) is 0 Å². The first-order valence-corrected chi connectivity index (χ1v) is 5.20. The second-order valence-corrected chi connectivity index (χ2v) is 3.32. The molecule has 1 rings (SSSR count). The lowest BCUT2D eigenvalue weighted by atomic mass is 10.2. The third-order valence-electron chi connectivity index (χ3n) is 2.24. The maximum absolute atomic E-state index is 11.7. The second-order valence-electron chi connectivity index (χ2n) is 3.32. The summed E-state index contributed by atoms with van der Waals surface area (Å²) in [5.41, 5.74) is -0.139. The van der Waals surface area contributed by atoms with Gasteiger partial charge in [-0.1, -0.05) is 0 Å². The summed E-state index contributed by atoms with van der Waals surface area (Å²) in [5, 5.41) is 0. The van der Waals surface area contributed by atoms with Gasteiger partial charge < -0.3 is 18.9 Å². The molecule has 0 atom stereocenters. The van der Waals surface area contributed by atoms with E-state index >= 15 is 0 Å². The zero-order valence-electron chi connectivity index (χ0n) is 10.5. The van der Waals surface area contributed by atoms with Gasteiger partial charge in [-0.05, 0) is 0 Å². The van der Waals surface area contributed by atoms with E-state index in [2.05, 4.69) is 4.99 Å². The molecule has 7 nitrogen and oxygen atoms in total. The minimum atomic E-state index is -0.754. The summed E-state index contributed by atoms with van der Waals surface area (Å²) >= 11 is 0. The van der Waals surface area contributed by atoms with Crippen molar-refractivity contribution in [1.82, 2.24) is 0 Å². The molecule has 1 aliphatic heterocycles. The van der Waals surface area contributed by atoms with Gasteiger partial charge in [0.25, 0.3) is 0 Å². The minimum absolute atomic E-state index is 0.0890. The maximum Gasteiger partial charge on any atom is 0.361 e. The summed E-state index contributed by atoms with van der Waals surface area (Å²) in [7, 11) is 4.14. The fraction of sp³-hybridized carbons (Fsp3) is 0.545. The molecular weight excluding hydrogens is 242 g/mol. The highest BCUT2D eigenvalue weighted by atomic mass is 16.7. The quantitative estimate of drug-likeness (QED) is 0.494. The van der Waals surface area contributed by atoms with Crippen molar-refractivity contribution < 1.29 is 28.5 Å². The summed E-state index contributed by atoms with van der Waals surface area (Å²) in [6.07, 6.45) is 0.786. The second kappa shape index (κ2) is 6.87. The van der Waals surface area contributed by atoms with Crippen LogP contribution < -0.4 is 0 Å². The number of ether oxygens (including phenoxy) is 4. The summed E-state index contributed by atoms with van der Waals surface area (Å²) in [6, 6.07) is 0. The first-order chi connectivity index (χ1) is 8.63. The van der Waals surface area contributed by atoms with E-state index in [4.69, 9.17) is 18.9 Å². The third-order valence-corrected chi connectivity index (χ3v) is 2.24. The SMILES string of the molecule is COC1=C(C(=O)OCC(OC)OC)N=CCC1=O. The normalized spacial score (nSPS) is 15.2. The Morgan fingerprint density at radius 3 is 2.61 bits per heavy atom. The molecule has 0 aliphatic carbocycles. The van der Waals surface area contributed by atoms with E-state index in [9.17, 15) is 9.59 Å². The van der Waals surface area contributed by atoms with Crippen molar-refractivity contribution >= 4 is 18.0 Å². The van der Waals surface area contributed by atoms with Crippen LogP contribution in [0, 0.1) is 0 Å². The number of Topliss-reactive ketones (excluding diaryl/α,β-unsaturated/α-hetero) is 1. The average molecular weight is 257 g/mol. The first kappa shape index (κ1) is 14.3. The lowest BCUT2D eigenvalue weighted by Gasteiger charge is -2.15. The summed E-state index contributed by atoms with van der Waals surface area (Å²) in [6.45, 7) is -0.101. The van der Waals surface area contributed by atoms with Crippen molar-refractivity contribution in [2.24, 2.45) is 4.99 Å². The number of ketones is 1. The van der Waals surface area contributed by atoms with E-state index < -0.39 is 12.3 Å². The Morgan fingerprint density at radius 2 is 2.06 bits per heavy atom. The van der Waals surface area contributed by atoms with Gasteiger partial charge in [0.05, 0.1) is 7.11 Å². The monoisotopic (exact) mass is 257 g/mol. The van der Waals surface area contributed by atoms with Crippen molar-refractivity contribution in [3.05, 3.63) is 11.5 Å². The summed E-state index contributed by atoms with van der Waals surface area (Å²) < 4.78 is 19.5. The predicted octanol–water partition coefficient (Wildman–Crippen LogP) is 0.0501. The fourth-order valence-electron chi connectivity index (χ4n) is 1.30. The van der Waals surface area contributed by atoms with Crippen LogP contribution in [0.15, 0.2) is 16.4 Å². The molecule has 0 unspecified atom stereocenters. The molecule has 7 heteroatoms. The van der Waals surface area contributed by atoms with Gasteiger partial charge >= 0.3 is 5.97 Å². The standard InChI is InChI=1S/C11H15NO6/c1-15-8(16-2)6-18-11(14)9-10(17-3)7(13)4-5-12-9/h5,8H,4,6H2,1-3H3. The molecule has 0 bridgehead atoms. The van der Waals surface area contributed by atoms with Crippen LogP contribution >= 0.6 is 0 Å². The number of esters is 1. The van der Waals surface area contributed by atoms with Gasteiger partial charge in [-0.25, -0.2) is 9.79 Å². The Kier molecular flexibility index (Phi) is 5.47. The van der Waals surface area contributed by atoms with Crippen molar-refractivity contribution in [2.45, 2.75) is 12.7 Å². The number of rotatable bonds is 6. The third kappa shape index (κ3) is 3.38. The van der Waals surface area contributed by atoms with Crippen molar-refractivity contribution in [3.8, 4) is 0 Å². The minimum Gasteiger partial charge on any atom is -0.491 e. The molecule has 0 saturated carbocycles. The Morgan fingerprint density at radius 1 is 1.39 bits per heavy atom. The number of nitrogens with zero attached hydrogens (tertiary/aromatic N) is 1. The van der Waals surface area contributed by atoms with E-state index in [-0.39, 0.29) is 30.3 Å². The summed E-state index contributed by atoms with van der Waals surface area (Å²) in [4.78, 5) is 27.0. The van der Waals surface area contributed by atoms with Gasteiger partial charge in [-0.15, -0.1) is 0 Å². The first-order valence-electron chi connectivity index (χ1n) is 5.20. The molecule has 100 valence electrons. The molecule has 0 fully saturated rings. The molecule has 1 aliphatic rings. The van der Waals surface area contributed by atoms with Gasteiger partial charge in [0.15, 0.2) is 17.7 Å². The van der Waals surface area contributed by atoms with Crippen LogP contribution in [0.5, 0.6) is 0 Å². The Hall–Kier alpha value is -1.73. The van der Waals surface area contributed by atoms with Crippen LogP contribution in [0.3, 0.4) is 0 Å². The van der Waals surface area contributed by atoms with Crippen molar-refractivity contribution in [1.29, 1.82) is 0 Å². The number of methoxy groups -OCH3 is 3. The van der Waals surface area contributed by atoms with E-state index in [1.165, 1.54) is 27.5 Å². The molecule has 0 amide bonds. The number of carbonyl (C=O) groups is 2. The highest BCUT2D eigenvalue weighted by Gasteiger charge is 2.26. The van der Waals surface area contributed by atoms with Crippen LogP contribution in [-0.2, 0) is 28.5 Å². The van der Waals surface area contributed by atoms with Crippen LogP contribution in [0.1, 0.15) is 6.42 Å². The number of allylic oxidation sites excluding steroid dienone is 1. The Labute approximate surface area is 104 Å². The molecule has 18 heavy (non-hydrogen) atoms. The largest absolute Gasteiger partial charge is 0.491 e. The smallest absolute Gasteiger partial charge is 0.361 e. The lowest BCUT2D eigenvalue weighted by molar-refractivity contribution is -0.163. The number of hydrogen-bond acceptors (Lipinski definition) is 7. The van der Waals surface area contributed by atoms with Crippen LogP contribution in [0.4, 0.5) is 0 Å². The van der Waals surface area contributed by atoms with Gasteiger partial charge in [-0.2, -0.15) is 0 Å². The Bertz CT molecular complexity index is 383. The molecule has 0 saturated heterocycles. The molecular formula is C11H15NO6. The van der Waals surface area contributed by atoms with Gasteiger partial charge in [0, 0.05) is 26.9 Å². The molecule has 0 aromatic rings. The molecule has 0 spiro atoms. The fourth-order valence-corrected chi connectivity index (χ4v) is 1.30. The number of aliphatic imine (C=N–C) groups is 1. The molecule has 0 radical (unpaired) electrons. The molecule has 0 aromatic carbocycles. The molecule has 1 heterocycles. The van der Waals surface area contributed by atoms with Crippen molar-refractivity contribution in [2.75, 3.05) is 27.9 Å². The van der Waals surface area contributed by atoms with Crippen LogP contribution in [-0.4, -0.2) is 52.2 Å². The maximum atomic E-state index is 11.7. The van der Waals surface area contributed by atoms with E-state index in [0.717, 1.165) is 0 Å². The lowest BCUT2D eigenvalue weighted by Crippen LogP contribution is -2.25. The van der Waals surface area contributed by atoms with Gasteiger partial charge in [0.1, 0.15) is 6.61 Å². The van der Waals surface area contributed by atoms with Crippen LogP contribution in [0.25, 0.3) is 0 Å². The predicted molar refractivity (Wildman–Crippen MR) is 60.9 cm³/mol. The van der Waals surface area contributed by atoms with E-state index in [1.54, 1.807) is 0 Å². The molecule has 0 aromatic heterocycles. The zero-order valence-corrected chi connectivity index (χ0v) is 10.5. The Balaban J connectivity index is 2.71. The molecule has 0 N–H and O–H groups in total. The topological polar surface area (TPSA) is 83.4 Å². The number of carbonyl (C=O) groups excluding carboxylic acids is 2. The average Bonchev–Trinajstić information content (AvgIpc) is 2.39. The summed E-state index contributed by atoms with van der Waals surface area (Å²) in [5.74, 6) is -1.15. The van der Waals surface area contributed by atoms with E-state index in [1.807, 2.05) is 0 Å². The van der Waals surface area contributed by atoms with E-state index in [0.29, 0.717) is 0 Å². The van der Waals surface area contributed by atoms with Gasteiger partial charge in [0.2, 0.25) is 5.78 Å².